The van der Waals surface area contributed by atoms with E-state index in [1.807, 2.05) is 12.1 Å². The minimum Gasteiger partial charge on any atom is -0.478 e. The Morgan fingerprint density at radius 3 is 1.91 bits per heavy atom. The van der Waals surface area contributed by atoms with Gasteiger partial charge in [0.05, 0.1) is 11.1 Å². The van der Waals surface area contributed by atoms with E-state index in [-0.39, 0.29) is 11.1 Å². The highest BCUT2D eigenvalue weighted by Gasteiger charge is 2.11. The number of benzene rings is 2. The molecule has 0 amide bonds. The molecule has 3 N–H and O–H groups in total. The van der Waals surface area contributed by atoms with E-state index in [1.54, 1.807) is 0 Å². The van der Waals surface area contributed by atoms with Crippen molar-refractivity contribution in [3.8, 4) is 0 Å². The van der Waals surface area contributed by atoms with Crippen LogP contribution in [-0.2, 0) is 6.54 Å². The van der Waals surface area contributed by atoms with Gasteiger partial charge in [0.15, 0.2) is 0 Å². The maximum Gasteiger partial charge on any atom is 0.335 e. The second-order valence-electron chi connectivity index (χ2n) is 5.66. The molecule has 0 fully saturated rings. The molecule has 2 aromatic carbocycles. The van der Waals surface area contributed by atoms with Crippen molar-refractivity contribution < 1.29 is 19.8 Å². The molecule has 2 aromatic rings. The molecular weight excluding hydrogens is 294 g/mol. The van der Waals surface area contributed by atoms with E-state index in [4.69, 9.17) is 10.2 Å². The van der Waals surface area contributed by atoms with Crippen molar-refractivity contribution in [3.63, 3.8) is 0 Å². The van der Waals surface area contributed by atoms with Gasteiger partial charge in [-0.15, -0.1) is 0 Å². The Bertz CT molecular complexity index is 688. The van der Waals surface area contributed by atoms with Crippen LogP contribution in [0.1, 0.15) is 51.6 Å². The Labute approximate surface area is 134 Å². The summed E-state index contributed by atoms with van der Waals surface area (Å²) in [4.78, 5) is 22.2. The summed E-state index contributed by atoms with van der Waals surface area (Å²) in [6, 6.07) is 12.1. The molecular formula is C18H19NO4. The number of aromatic carboxylic acids is 2. The highest BCUT2D eigenvalue weighted by molar-refractivity contribution is 5.95. The summed E-state index contributed by atoms with van der Waals surface area (Å²) >= 11 is 0. The van der Waals surface area contributed by atoms with Gasteiger partial charge in [0.1, 0.15) is 0 Å². The third-order valence-corrected chi connectivity index (χ3v) is 3.57. The van der Waals surface area contributed by atoms with Crippen molar-refractivity contribution in [1.29, 1.82) is 0 Å². The average molecular weight is 313 g/mol. The molecule has 2 rings (SSSR count). The molecule has 0 spiro atoms. The molecule has 5 nitrogen and oxygen atoms in total. The molecule has 0 aliphatic heterocycles. The van der Waals surface area contributed by atoms with Gasteiger partial charge in [-0.1, -0.05) is 38.1 Å². The minimum absolute atomic E-state index is 0.0532. The number of carboxylic acids is 2. The second kappa shape index (κ2) is 6.96. The van der Waals surface area contributed by atoms with Gasteiger partial charge in [0, 0.05) is 12.2 Å². The number of carbonyl (C=O) groups is 2. The Hall–Kier alpha value is -2.82. The van der Waals surface area contributed by atoms with Crippen LogP contribution in [0.15, 0.2) is 42.5 Å². The number of carboxylic acid groups (broad SMARTS) is 2. The topological polar surface area (TPSA) is 86.6 Å². The molecule has 0 unspecified atom stereocenters. The first-order valence-electron chi connectivity index (χ1n) is 7.31. The molecule has 120 valence electrons. The smallest absolute Gasteiger partial charge is 0.335 e. The number of rotatable bonds is 6. The SMILES string of the molecule is CC(C)c1ccc(CNc2cc(C(=O)O)cc(C(=O)O)c2)cc1. The van der Waals surface area contributed by atoms with Gasteiger partial charge in [-0.3, -0.25) is 0 Å². The molecule has 0 aliphatic rings. The number of nitrogens with one attached hydrogen (secondary N) is 1. The van der Waals surface area contributed by atoms with Crippen molar-refractivity contribution in [3.05, 3.63) is 64.7 Å². The molecule has 0 saturated heterocycles. The van der Waals surface area contributed by atoms with E-state index in [0.29, 0.717) is 18.2 Å². The number of hydrogen-bond acceptors (Lipinski definition) is 3. The lowest BCUT2D eigenvalue weighted by atomic mass is 10.0. The first kappa shape index (κ1) is 16.5. The summed E-state index contributed by atoms with van der Waals surface area (Å²) in [5.41, 5.74) is 2.64. The van der Waals surface area contributed by atoms with Gasteiger partial charge in [-0.25, -0.2) is 9.59 Å². The van der Waals surface area contributed by atoms with Gasteiger partial charge in [-0.05, 0) is 35.2 Å². The maximum absolute atomic E-state index is 11.1. The molecule has 0 radical (unpaired) electrons. The van der Waals surface area contributed by atoms with Gasteiger partial charge in [-0.2, -0.15) is 0 Å². The molecule has 0 saturated carbocycles. The van der Waals surface area contributed by atoms with Gasteiger partial charge >= 0.3 is 11.9 Å². The first-order chi connectivity index (χ1) is 10.9. The summed E-state index contributed by atoms with van der Waals surface area (Å²) < 4.78 is 0. The van der Waals surface area contributed by atoms with Crippen LogP contribution in [0.3, 0.4) is 0 Å². The largest absolute Gasteiger partial charge is 0.478 e. The van der Waals surface area contributed by atoms with E-state index < -0.39 is 11.9 Å². The highest BCUT2D eigenvalue weighted by atomic mass is 16.4. The zero-order valence-corrected chi connectivity index (χ0v) is 13.0. The Morgan fingerprint density at radius 2 is 1.48 bits per heavy atom. The van der Waals surface area contributed by atoms with Crippen LogP contribution in [0, 0.1) is 0 Å². The summed E-state index contributed by atoms with van der Waals surface area (Å²) in [5, 5.41) is 21.2. The standard InChI is InChI=1S/C18H19NO4/c1-11(2)13-5-3-12(4-6-13)10-19-16-8-14(17(20)21)7-15(9-16)18(22)23/h3-9,11,19H,10H2,1-2H3,(H,20,21)(H,22,23). The van der Waals surface area contributed by atoms with Crippen LogP contribution in [-0.4, -0.2) is 22.2 Å². The monoisotopic (exact) mass is 313 g/mol. The Kier molecular flexibility index (Phi) is 5.01. The molecule has 5 heteroatoms. The van der Waals surface area contributed by atoms with Crippen molar-refractivity contribution in [2.24, 2.45) is 0 Å². The quantitative estimate of drug-likeness (QED) is 0.754. The molecule has 0 aromatic heterocycles. The van der Waals surface area contributed by atoms with Crippen LogP contribution in [0.25, 0.3) is 0 Å². The van der Waals surface area contributed by atoms with Gasteiger partial charge < -0.3 is 15.5 Å². The Balaban J connectivity index is 2.16. The van der Waals surface area contributed by atoms with E-state index in [9.17, 15) is 9.59 Å². The fraction of sp³-hybridized carbons (Fsp3) is 0.222. The molecule has 0 bridgehead atoms. The molecule has 0 aliphatic carbocycles. The molecule has 23 heavy (non-hydrogen) atoms. The van der Waals surface area contributed by atoms with Crippen molar-refractivity contribution in [2.75, 3.05) is 5.32 Å². The third kappa shape index (κ3) is 4.32. The number of anilines is 1. The van der Waals surface area contributed by atoms with E-state index in [2.05, 4.69) is 31.3 Å². The minimum atomic E-state index is -1.16. The van der Waals surface area contributed by atoms with Gasteiger partial charge in [0.25, 0.3) is 0 Å². The average Bonchev–Trinajstić information content (AvgIpc) is 2.52. The molecule has 0 heterocycles. The summed E-state index contributed by atoms with van der Waals surface area (Å²) in [6.45, 7) is 4.73. The predicted molar refractivity (Wildman–Crippen MR) is 88.2 cm³/mol. The third-order valence-electron chi connectivity index (χ3n) is 3.57. The van der Waals surface area contributed by atoms with E-state index in [1.165, 1.54) is 17.7 Å². The van der Waals surface area contributed by atoms with Crippen LogP contribution in [0.2, 0.25) is 0 Å². The van der Waals surface area contributed by atoms with Crippen LogP contribution < -0.4 is 5.32 Å². The summed E-state index contributed by atoms with van der Waals surface area (Å²) in [7, 11) is 0. The Morgan fingerprint density at radius 1 is 0.957 bits per heavy atom. The maximum atomic E-state index is 11.1. The van der Waals surface area contributed by atoms with Crippen molar-refractivity contribution in [2.45, 2.75) is 26.3 Å². The fourth-order valence-corrected chi connectivity index (χ4v) is 2.20. The predicted octanol–water partition coefficient (Wildman–Crippen LogP) is 3.82. The van der Waals surface area contributed by atoms with E-state index >= 15 is 0 Å². The first-order valence-corrected chi connectivity index (χ1v) is 7.31. The summed E-state index contributed by atoms with van der Waals surface area (Å²) in [6.07, 6.45) is 0. The highest BCUT2D eigenvalue weighted by Crippen LogP contribution is 2.18. The van der Waals surface area contributed by atoms with Crippen molar-refractivity contribution >= 4 is 17.6 Å². The zero-order valence-electron chi connectivity index (χ0n) is 13.0. The second-order valence-corrected chi connectivity index (χ2v) is 5.66. The van der Waals surface area contributed by atoms with Crippen LogP contribution in [0.5, 0.6) is 0 Å². The molecule has 0 atom stereocenters. The van der Waals surface area contributed by atoms with Crippen LogP contribution in [0.4, 0.5) is 5.69 Å². The summed E-state index contributed by atoms with van der Waals surface area (Å²) in [5.74, 6) is -1.85. The van der Waals surface area contributed by atoms with Crippen LogP contribution >= 0.6 is 0 Å². The fourth-order valence-electron chi connectivity index (χ4n) is 2.20. The zero-order chi connectivity index (χ0) is 17.0. The lowest BCUT2D eigenvalue weighted by Crippen LogP contribution is -2.06. The van der Waals surface area contributed by atoms with Crippen molar-refractivity contribution in [1.82, 2.24) is 0 Å². The normalized spacial score (nSPS) is 10.6. The number of hydrogen-bond donors (Lipinski definition) is 3. The van der Waals surface area contributed by atoms with E-state index in [0.717, 1.165) is 11.6 Å². The van der Waals surface area contributed by atoms with Gasteiger partial charge in [0.2, 0.25) is 0 Å². The lowest BCUT2D eigenvalue weighted by molar-refractivity contribution is 0.0696. The lowest BCUT2D eigenvalue weighted by Gasteiger charge is -2.10.